The van der Waals surface area contributed by atoms with Crippen LogP contribution < -0.4 is 10.1 Å². The van der Waals surface area contributed by atoms with Crippen LogP contribution in [0.4, 0.5) is 8.78 Å². The van der Waals surface area contributed by atoms with Crippen molar-refractivity contribution in [1.82, 2.24) is 20.1 Å². The quantitative estimate of drug-likeness (QED) is 0.490. The van der Waals surface area contributed by atoms with E-state index in [0.29, 0.717) is 33.5 Å². The van der Waals surface area contributed by atoms with Crippen molar-refractivity contribution < 1.29 is 18.3 Å². The maximum atomic E-state index is 13.1. The Kier molecular flexibility index (Phi) is 5.45. The number of hydrogen-bond acceptors (Lipinski definition) is 5. The Morgan fingerprint density at radius 3 is 2.80 bits per heavy atom. The molecule has 0 spiro atoms. The highest BCUT2D eigenvalue weighted by atomic mass is 32.1. The molecule has 9 heteroatoms. The van der Waals surface area contributed by atoms with Crippen molar-refractivity contribution in [3.63, 3.8) is 0 Å². The van der Waals surface area contributed by atoms with E-state index in [1.54, 1.807) is 36.0 Å². The third-order valence-electron chi connectivity index (χ3n) is 4.61. The minimum Gasteiger partial charge on any atom is -0.434 e. The number of carbonyl (C=O) groups excluding carboxylic acids is 1. The Balaban J connectivity index is 1.68. The number of hydrogen-bond donors (Lipinski definition) is 1. The molecule has 0 aliphatic heterocycles. The number of nitrogens with zero attached hydrogens (tertiary/aromatic N) is 3. The number of nitrogens with one attached hydrogen (secondary N) is 1. The number of alkyl halides is 2. The first-order chi connectivity index (χ1) is 14.4. The molecule has 3 heterocycles. The third kappa shape index (κ3) is 3.88. The van der Waals surface area contributed by atoms with E-state index in [-0.39, 0.29) is 18.2 Å². The lowest BCUT2D eigenvalue weighted by Crippen LogP contribution is -2.24. The van der Waals surface area contributed by atoms with Crippen molar-refractivity contribution in [2.75, 3.05) is 0 Å². The average Bonchev–Trinajstić information content (AvgIpc) is 3.35. The Morgan fingerprint density at radius 2 is 2.07 bits per heavy atom. The van der Waals surface area contributed by atoms with Crippen molar-refractivity contribution >= 4 is 28.3 Å². The number of aryl methyl sites for hydroxylation is 2. The summed E-state index contributed by atoms with van der Waals surface area (Å²) in [5.74, 6) is -0.312. The van der Waals surface area contributed by atoms with Gasteiger partial charge in [0.05, 0.1) is 27.2 Å². The highest BCUT2D eigenvalue weighted by Gasteiger charge is 2.20. The van der Waals surface area contributed by atoms with Crippen LogP contribution in [0, 0.1) is 6.92 Å². The van der Waals surface area contributed by atoms with Gasteiger partial charge in [-0.05, 0) is 30.5 Å². The molecule has 0 saturated carbocycles. The minimum absolute atomic E-state index is 0.0320. The fourth-order valence-corrected chi connectivity index (χ4v) is 3.99. The lowest BCUT2D eigenvalue weighted by atomic mass is 10.1. The topological polar surface area (TPSA) is 69.0 Å². The number of ether oxygens (including phenoxy) is 1. The van der Waals surface area contributed by atoms with Crippen LogP contribution in [-0.2, 0) is 13.6 Å². The monoisotopic (exact) mass is 428 g/mol. The van der Waals surface area contributed by atoms with Crippen LogP contribution in [0.15, 0.2) is 47.8 Å². The molecule has 0 aliphatic rings. The molecular weight excluding hydrogens is 410 g/mol. The highest BCUT2D eigenvalue weighted by molar-refractivity contribution is 7.13. The predicted molar refractivity (Wildman–Crippen MR) is 111 cm³/mol. The molecule has 4 rings (SSSR count). The van der Waals surface area contributed by atoms with E-state index in [1.807, 2.05) is 24.4 Å². The molecule has 0 saturated heterocycles. The van der Waals surface area contributed by atoms with Crippen molar-refractivity contribution in [3.8, 4) is 16.3 Å². The molecule has 6 nitrogen and oxygen atoms in total. The van der Waals surface area contributed by atoms with Crippen molar-refractivity contribution in [2.24, 2.45) is 7.05 Å². The summed E-state index contributed by atoms with van der Waals surface area (Å²) in [5.41, 5.74) is 2.85. The zero-order valence-corrected chi connectivity index (χ0v) is 17.0. The van der Waals surface area contributed by atoms with E-state index in [2.05, 4.69) is 20.1 Å². The van der Waals surface area contributed by atoms with Gasteiger partial charge in [0.15, 0.2) is 5.65 Å². The maximum absolute atomic E-state index is 13.1. The first-order valence-electron chi connectivity index (χ1n) is 9.13. The third-order valence-corrected chi connectivity index (χ3v) is 5.51. The summed E-state index contributed by atoms with van der Waals surface area (Å²) in [6, 6.07) is 12.0. The van der Waals surface area contributed by atoms with Gasteiger partial charge in [-0.15, -0.1) is 11.3 Å². The molecule has 0 radical (unpaired) electrons. The largest absolute Gasteiger partial charge is 0.434 e. The Morgan fingerprint density at radius 1 is 1.27 bits per heavy atom. The number of pyridine rings is 1. The number of benzene rings is 1. The molecule has 0 unspecified atom stereocenters. The van der Waals surface area contributed by atoms with Gasteiger partial charge in [-0.1, -0.05) is 24.3 Å². The lowest BCUT2D eigenvalue weighted by Gasteiger charge is -2.12. The van der Waals surface area contributed by atoms with Crippen LogP contribution in [0.2, 0.25) is 0 Å². The van der Waals surface area contributed by atoms with Gasteiger partial charge in [0.25, 0.3) is 5.91 Å². The molecule has 4 aromatic rings. The Bertz CT molecular complexity index is 1210. The Hall–Kier alpha value is -3.33. The number of carbonyl (C=O) groups is 1. The number of rotatable bonds is 6. The molecule has 0 fully saturated rings. The van der Waals surface area contributed by atoms with Crippen molar-refractivity contribution in [3.05, 3.63) is 64.7 Å². The second-order valence-electron chi connectivity index (χ2n) is 6.61. The number of para-hydroxylation sites is 1. The van der Waals surface area contributed by atoms with E-state index >= 15 is 0 Å². The molecular formula is C21H18F2N4O2S. The van der Waals surface area contributed by atoms with Gasteiger partial charge in [0.1, 0.15) is 5.75 Å². The number of thiophene rings is 1. The minimum atomic E-state index is -2.94. The van der Waals surface area contributed by atoms with Gasteiger partial charge in [-0.25, -0.2) is 4.98 Å². The first-order valence-corrected chi connectivity index (χ1v) is 10.0. The normalized spacial score (nSPS) is 11.2. The SMILES string of the molecule is Cc1nn(C)c2nc(-c3cccs3)cc(C(=O)NCc3ccccc3OC(F)F)c12. The molecule has 1 amide bonds. The summed E-state index contributed by atoms with van der Waals surface area (Å²) >= 11 is 1.52. The highest BCUT2D eigenvalue weighted by Crippen LogP contribution is 2.29. The van der Waals surface area contributed by atoms with Crippen LogP contribution in [0.5, 0.6) is 5.75 Å². The van der Waals surface area contributed by atoms with Crippen LogP contribution in [0.1, 0.15) is 21.6 Å². The van der Waals surface area contributed by atoms with E-state index in [4.69, 9.17) is 0 Å². The second-order valence-corrected chi connectivity index (χ2v) is 7.56. The van der Waals surface area contributed by atoms with Gasteiger partial charge in [-0.2, -0.15) is 13.9 Å². The van der Waals surface area contributed by atoms with Gasteiger partial charge < -0.3 is 10.1 Å². The smallest absolute Gasteiger partial charge is 0.387 e. The van der Waals surface area contributed by atoms with Gasteiger partial charge in [0.2, 0.25) is 0 Å². The molecule has 0 aliphatic carbocycles. The number of fused-ring (bicyclic) bond motifs is 1. The molecule has 1 N–H and O–H groups in total. The molecule has 154 valence electrons. The summed E-state index contributed by atoms with van der Waals surface area (Å²) in [6.07, 6.45) is 0. The Labute approximate surface area is 175 Å². The fraction of sp³-hybridized carbons (Fsp3) is 0.190. The van der Waals surface area contributed by atoms with Crippen LogP contribution in [0.3, 0.4) is 0 Å². The molecule has 1 aromatic carbocycles. The second kappa shape index (κ2) is 8.19. The zero-order chi connectivity index (χ0) is 21.3. The lowest BCUT2D eigenvalue weighted by molar-refractivity contribution is -0.0504. The van der Waals surface area contributed by atoms with Crippen LogP contribution in [-0.4, -0.2) is 27.3 Å². The molecule has 0 bridgehead atoms. The van der Waals surface area contributed by atoms with Gasteiger partial charge in [0, 0.05) is 19.2 Å². The standard InChI is InChI=1S/C21H18F2N4O2S/c1-12-18-14(10-15(17-8-5-9-30-17)25-19(18)27(2)26-12)20(28)24-11-13-6-3-4-7-16(13)29-21(22)23/h3-10,21H,11H2,1-2H3,(H,24,28). The maximum Gasteiger partial charge on any atom is 0.387 e. The van der Waals surface area contributed by atoms with Crippen LogP contribution in [0.25, 0.3) is 21.6 Å². The summed E-state index contributed by atoms with van der Waals surface area (Å²) in [6.45, 7) is -1.08. The molecule has 0 atom stereocenters. The number of aromatic nitrogens is 3. The summed E-state index contributed by atoms with van der Waals surface area (Å²) in [4.78, 5) is 18.7. The molecule has 30 heavy (non-hydrogen) atoms. The molecule has 3 aromatic heterocycles. The number of amides is 1. The van der Waals surface area contributed by atoms with Crippen LogP contribution >= 0.6 is 11.3 Å². The van der Waals surface area contributed by atoms with E-state index < -0.39 is 6.61 Å². The summed E-state index contributed by atoms with van der Waals surface area (Å²) in [5, 5.41) is 9.80. The summed E-state index contributed by atoms with van der Waals surface area (Å²) < 4.78 is 31.5. The first kappa shape index (κ1) is 20.0. The average molecular weight is 428 g/mol. The van der Waals surface area contributed by atoms with Crippen molar-refractivity contribution in [1.29, 1.82) is 0 Å². The zero-order valence-electron chi connectivity index (χ0n) is 16.2. The van der Waals surface area contributed by atoms with Crippen molar-refractivity contribution in [2.45, 2.75) is 20.1 Å². The van der Waals surface area contributed by atoms with E-state index in [9.17, 15) is 13.6 Å². The fourth-order valence-electron chi connectivity index (χ4n) is 3.31. The summed E-state index contributed by atoms with van der Waals surface area (Å²) in [7, 11) is 1.78. The van der Waals surface area contributed by atoms with E-state index in [1.165, 1.54) is 17.4 Å². The van der Waals surface area contributed by atoms with Gasteiger partial charge >= 0.3 is 6.61 Å². The predicted octanol–water partition coefficient (Wildman–Crippen LogP) is 4.54. The van der Waals surface area contributed by atoms with E-state index in [0.717, 1.165) is 4.88 Å². The van der Waals surface area contributed by atoms with Gasteiger partial charge in [-0.3, -0.25) is 9.48 Å². The number of halogens is 2.